The fourth-order valence-electron chi connectivity index (χ4n) is 3.08. The van der Waals surface area contributed by atoms with Crippen LogP contribution in [0.5, 0.6) is 0 Å². The predicted molar refractivity (Wildman–Crippen MR) is 53.0 cm³/mol. The summed E-state index contributed by atoms with van der Waals surface area (Å²) in [6, 6.07) is 0. The minimum Gasteiger partial charge on any atom is -0.0654 e. The Labute approximate surface area is 76.7 Å². The molecule has 70 valence electrons. The van der Waals surface area contributed by atoms with E-state index < -0.39 is 0 Å². The van der Waals surface area contributed by atoms with Crippen molar-refractivity contribution in [3.05, 3.63) is 0 Å². The molecule has 0 saturated heterocycles. The second-order valence-electron chi connectivity index (χ2n) is 4.74. The third-order valence-electron chi connectivity index (χ3n) is 4.00. The van der Waals surface area contributed by atoms with Crippen molar-refractivity contribution in [2.45, 2.75) is 52.4 Å². The zero-order chi connectivity index (χ0) is 8.55. The van der Waals surface area contributed by atoms with Gasteiger partial charge in [0.15, 0.2) is 0 Å². The molecule has 0 radical (unpaired) electrons. The summed E-state index contributed by atoms with van der Waals surface area (Å²) in [6.07, 6.45) is 8.87. The first-order valence-corrected chi connectivity index (χ1v) is 5.90. The van der Waals surface area contributed by atoms with Gasteiger partial charge in [-0.25, -0.2) is 0 Å². The number of fused-ring (bicyclic) bond motifs is 1. The van der Waals surface area contributed by atoms with E-state index in [1.165, 1.54) is 55.8 Å². The fraction of sp³-hybridized carbons (Fsp3) is 1.00. The van der Waals surface area contributed by atoms with Crippen LogP contribution in [0.25, 0.3) is 0 Å². The van der Waals surface area contributed by atoms with Gasteiger partial charge in [-0.3, -0.25) is 0 Å². The lowest BCUT2D eigenvalue weighted by Crippen LogP contribution is -1.99. The zero-order valence-electron chi connectivity index (χ0n) is 8.55. The van der Waals surface area contributed by atoms with Crippen LogP contribution < -0.4 is 0 Å². The van der Waals surface area contributed by atoms with Gasteiger partial charge in [-0.05, 0) is 30.1 Å². The quantitative estimate of drug-likeness (QED) is 0.526. The van der Waals surface area contributed by atoms with Gasteiger partial charge < -0.3 is 0 Å². The maximum atomic E-state index is 2.35. The molecule has 2 aliphatic carbocycles. The van der Waals surface area contributed by atoms with E-state index in [9.17, 15) is 0 Å². The Bertz CT molecular complexity index is 140. The van der Waals surface area contributed by atoms with Gasteiger partial charge in [0.05, 0.1) is 0 Å². The van der Waals surface area contributed by atoms with Gasteiger partial charge in [0, 0.05) is 0 Å². The monoisotopic (exact) mass is 166 g/mol. The summed E-state index contributed by atoms with van der Waals surface area (Å²) in [7, 11) is 0. The summed E-state index contributed by atoms with van der Waals surface area (Å²) >= 11 is 0. The van der Waals surface area contributed by atoms with E-state index in [1.807, 2.05) is 0 Å². The molecule has 2 aliphatic rings. The molecule has 0 aliphatic heterocycles. The molecule has 0 aromatic rings. The standard InChI is InChI=1S/C12H22/c1-3-5-6-7-8-10-11-9(4-2)12(10)11/h9-12H,3-8H2,1-2H3. The van der Waals surface area contributed by atoms with Gasteiger partial charge in [0.25, 0.3) is 0 Å². The molecular weight excluding hydrogens is 144 g/mol. The SMILES string of the molecule is CCCCCCC1C2C(CC)C12. The summed E-state index contributed by atoms with van der Waals surface area (Å²) in [5.74, 6) is 4.82. The summed E-state index contributed by atoms with van der Waals surface area (Å²) in [4.78, 5) is 0. The summed E-state index contributed by atoms with van der Waals surface area (Å²) < 4.78 is 0. The van der Waals surface area contributed by atoms with Gasteiger partial charge in [0.2, 0.25) is 0 Å². The lowest BCUT2D eigenvalue weighted by Gasteiger charge is -2.08. The molecule has 0 bridgehead atoms. The molecule has 0 spiro atoms. The second kappa shape index (κ2) is 3.40. The average Bonchev–Trinajstić information content (AvgIpc) is 2.92. The first kappa shape index (κ1) is 8.59. The fourth-order valence-corrected chi connectivity index (χ4v) is 3.08. The third kappa shape index (κ3) is 1.41. The number of unbranched alkanes of at least 4 members (excludes halogenated alkanes) is 3. The van der Waals surface area contributed by atoms with E-state index >= 15 is 0 Å². The number of rotatable bonds is 6. The van der Waals surface area contributed by atoms with Crippen molar-refractivity contribution in [3.63, 3.8) is 0 Å². The molecule has 2 unspecified atom stereocenters. The van der Waals surface area contributed by atoms with Crippen molar-refractivity contribution in [1.82, 2.24) is 0 Å². The molecule has 0 heteroatoms. The van der Waals surface area contributed by atoms with Crippen LogP contribution in [-0.4, -0.2) is 0 Å². The van der Waals surface area contributed by atoms with Crippen molar-refractivity contribution in [1.29, 1.82) is 0 Å². The third-order valence-corrected chi connectivity index (χ3v) is 4.00. The van der Waals surface area contributed by atoms with Crippen molar-refractivity contribution in [2.24, 2.45) is 23.7 Å². The second-order valence-corrected chi connectivity index (χ2v) is 4.74. The molecule has 12 heavy (non-hydrogen) atoms. The first-order chi connectivity index (χ1) is 5.90. The molecule has 2 atom stereocenters. The molecule has 0 heterocycles. The normalized spacial score (nSPS) is 42.5. The maximum absolute atomic E-state index is 2.35. The highest BCUT2D eigenvalue weighted by Gasteiger charge is 2.70. The summed E-state index contributed by atoms with van der Waals surface area (Å²) in [5.41, 5.74) is 0. The molecule has 0 aromatic heterocycles. The van der Waals surface area contributed by atoms with Crippen LogP contribution in [0.3, 0.4) is 0 Å². The highest BCUT2D eigenvalue weighted by atomic mass is 14.7. The van der Waals surface area contributed by atoms with E-state index in [1.54, 1.807) is 6.42 Å². The number of hydrogen-bond acceptors (Lipinski definition) is 0. The molecular formula is C12H22. The van der Waals surface area contributed by atoms with E-state index in [0.29, 0.717) is 0 Å². The molecule has 0 N–H and O–H groups in total. The Morgan fingerprint density at radius 3 is 2.17 bits per heavy atom. The minimum atomic E-state index is 1.18. The van der Waals surface area contributed by atoms with E-state index in [2.05, 4.69) is 13.8 Å². The lowest BCUT2D eigenvalue weighted by molar-refractivity contribution is 0.422. The topological polar surface area (TPSA) is 0 Å². The largest absolute Gasteiger partial charge is 0.0654 e. The highest BCUT2D eigenvalue weighted by Crippen LogP contribution is 2.75. The highest BCUT2D eigenvalue weighted by molar-refractivity contribution is 5.18. The van der Waals surface area contributed by atoms with Crippen LogP contribution in [0.1, 0.15) is 52.4 Å². The zero-order valence-corrected chi connectivity index (χ0v) is 8.55. The molecule has 2 saturated carbocycles. The van der Waals surface area contributed by atoms with Gasteiger partial charge in [-0.1, -0.05) is 46.0 Å². The Balaban J connectivity index is 1.46. The van der Waals surface area contributed by atoms with Crippen molar-refractivity contribution >= 4 is 0 Å². The Kier molecular flexibility index (Phi) is 2.43. The van der Waals surface area contributed by atoms with Crippen LogP contribution in [0.4, 0.5) is 0 Å². The van der Waals surface area contributed by atoms with Crippen molar-refractivity contribution < 1.29 is 0 Å². The average molecular weight is 166 g/mol. The Morgan fingerprint density at radius 1 is 0.833 bits per heavy atom. The van der Waals surface area contributed by atoms with E-state index in [4.69, 9.17) is 0 Å². The summed E-state index contributed by atoms with van der Waals surface area (Å²) in [6.45, 7) is 4.65. The molecule has 0 nitrogen and oxygen atoms in total. The van der Waals surface area contributed by atoms with E-state index in [0.717, 1.165) is 0 Å². The van der Waals surface area contributed by atoms with Crippen LogP contribution in [0, 0.1) is 23.7 Å². The minimum absolute atomic E-state index is 1.18. The maximum Gasteiger partial charge on any atom is -0.0318 e. The van der Waals surface area contributed by atoms with E-state index in [-0.39, 0.29) is 0 Å². The number of hydrogen-bond donors (Lipinski definition) is 0. The molecule has 2 fully saturated rings. The first-order valence-electron chi connectivity index (χ1n) is 5.90. The molecule has 2 rings (SSSR count). The van der Waals surface area contributed by atoms with Crippen LogP contribution in [0.15, 0.2) is 0 Å². The smallest absolute Gasteiger partial charge is 0.0318 e. The molecule has 0 aromatic carbocycles. The Morgan fingerprint density at radius 2 is 1.58 bits per heavy atom. The predicted octanol–water partition coefficient (Wildman–Crippen LogP) is 3.86. The van der Waals surface area contributed by atoms with Gasteiger partial charge in [0.1, 0.15) is 0 Å². The lowest BCUT2D eigenvalue weighted by atomic mass is 9.97. The van der Waals surface area contributed by atoms with Crippen LogP contribution in [0.2, 0.25) is 0 Å². The van der Waals surface area contributed by atoms with Crippen molar-refractivity contribution in [2.75, 3.05) is 0 Å². The summed E-state index contributed by atoms with van der Waals surface area (Å²) in [5, 5.41) is 0. The molecule has 0 amide bonds. The van der Waals surface area contributed by atoms with Crippen LogP contribution in [-0.2, 0) is 0 Å². The van der Waals surface area contributed by atoms with Gasteiger partial charge in [-0.15, -0.1) is 0 Å². The van der Waals surface area contributed by atoms with Crippen LogP contribution >= 0.6 is 0 Å². The Hall–Kier alpha value is 0. The van der Waals surface area contributed by atoms with Gasteiger partial charge in [-0.2, -0.15) is 0 Å². The van der Waals surface area contributed by atoms with Gasteiger partial charge >= 0.3 is 0 Å². The van der Waals surface area contributed by atoms with Crippen molar-refractivity contribution in [3.8, 4) is 0 Å².